The average Bonchev–Trinajstić information content (AvgIpc) is 2.59. The van der Waals surface area contributed by atoms with Crippen molar-refractivity contribution in [2.75, 3.05) is 13.2 Å². The molecule has 1 heterocycles. The number of nitrogens with zero attached hydrogens (tertiary/aromatic N) is 1. The van der Waals surface area contributed by atoms with E-state index in [4.69, 9.17) is 9.84 Å². The maximum Gasteiger partial charge on any atom is 0.329 e. The molecule has 0 aliphatic carbocycles. The molecular formula is C9H12N2O5. The second kappa shape index (κ2) is 5.86. The highest BCUT2D eigenvalue weighted by Crippen LogP contribution is 1.88. The lowest BCUT2D eigenvalue weighted by Gasteiger charge is -2.02. The molecule has 0 radical (unpaired) electrons. The van der Waals surface area contributed by atoms with Gasteiger partial charge < -0.3 is 19.7 Å². The van der Waals surface area contributed by atoms with E-state index < -0.39 is 11.9 Å². The molecule has 0 fully saturated rings. The number of carbonyl (C=O) groups excluding carboxylic acids is 1. The molecule has 2 N–H and O–H groups in total. The smallest absolute Gasteiger partial charge is 0.329 e. The van der Waals surface area contributed by atoms with Gasteiger partial charge in [-0.2, -0.15) is 0 Å². The summed E-state index contributed by atoms with van der Waals surface area (Å²) >= 11 is 0. The number of H-pyrrole nitrogens is 1. The summed E-state index contributed by atoms with van der Waals surface area (Å²) < 4.78 is 6.47. The van der Waals surface area contributed by atoms with Gasteiger partial charge in [-0.05, 0) is 0 Å². The summed E-state index contributed by atoms with van der Waals surface area (Å²) in [6.45, 7) is 0.231. The Bertz CT molecular complexity index is 374. The predicted molar refractivity (Wildman–Crippen MR) is 48.2 cm³/mol. The molecule has 1 aromatic rings. The Labute approximate surface area is 91.3 Å². The minimum atomic E-state index is -1.18. The van der Waals surface area contributed by atoms with E-state index in [0.717, 1.165) is 0 Å². The van der Waals surface area contributed by atoms with Gasteiger partial charge in [0.15, 0.2) is 0 Å². The first-order chi connectivity index (χ1) is 7.59. The molecule has 0 aliphatic heterocycles. The van der Waals surface area contributed by atoms with E-state index in [2.05, 4.69) is 4.98 Å². The second-order valence-electron chi connectivity index (χ2n) is 3.10. The standard InChI is InChI=1S/C9H12N2O5/c12-8(13)5-7-10-1-2-11(7)3-4-16-6-9(14)15/h1-2H,3-6H2,(H2,12,13,14,15). The molecule has 0 unspecified atom stereocenters. The fraction of sp³-hybridized carbons (Fsp3) is 0.444. The lowest BCUT2D eigenvalue weighted by Crippen LogP contribution is -2.41. The molecule has 88 valence electrons. The first-order valence-corrected chi connectivity index (χ1v) is 4.64. The largest absolute Gasteiger partial charge is 0.549 e. The number of aromatic amines is 1. The van der Waals surface area contributed by atoms with Crippen molar-refractivity contribution < 1.29 is 29.1 Å². The van der Waals surface area contributed by atoms with Gasteiger partial charge in [-0.1, -0.05) is 0 Å². The van der Waals surface area contributed by atoms with E-state index in [-0.39, 0.29) is 19.6 Å². The van der Waals surface area contributed by atoms with Crippen LogP contribution in [0.15, 0.2) is 12.4 Å². The normalized spacial score (nSPS) is 10.2. The number of ether oxygens (including phenoxy) is 1. The van der Waals surface area contributed by atoms with Gasteiger partial charge in [0, 0.05) is 0 Å². The van der Waals surface area contributed by atoms with Gasteiger partial charge in [-0.15, -0.1) is 0 Å². The fourth-order valence-corrected chi connectivity index (χ4v) is 1.22. The van der Waals surface area contributed by atoms with Gasteiger partial charge in [0.1, 0.15) is 25.5 Å². The molecule has 0 aromatic carbocycles. The highest BCUT2D eigenvalue weighted by Gasteiger charge is 2.10. The molecule has 1 aromatic heterocycles. The lowest BCUT2D eigenvalue weighted by molar-refractivity contribution is -0.704. The maximum atomic E-state index is 10.4. The van der Waals surface area contributed by atoms with Gasteiger partial charge in [-0.25, -0.2) is 14.3 Å². The third-order valence-corrected chi connectivity index (χ3v) is 1.86. The summed E-state index contributed by atoms with van der Waals surface area (Å²) in [6, 6.07) is 0. The minimum absolute atomic E-state index is 0.203. The Morgan fingerprint density at radius 2 is 2.31 bits per heavy atom. The predicted octanol–water partition coefficient (Wildman–Crippen LogP) is -2.30. The van der Waals surface area contributed by atoms with Crippen LogP contribution in [0.3, 0.4) is 0 Å². The van der Waals surface area contributed by atoms with Crippen molar-refractivity contribution in [2.24, 2.45) is 0 Å². The van der Waals surface area contributed by atoms with Crippen LogP contribution in [-0.2, 0) is 27.3 Å². The summed E-state index contributed by atoms with van der Waals surface area (Å²) in [7, 11) is 0. The fourth-order valence-electron chi connectivity index (χ4n) is 1.22. The zero-order valence-corrected chi connectivity index (χ0v) is 8.51. The Hall–Kier alpha value is -1.89. The molecule has 0 amide bonds. The lowest BCUT2D eigenvalue weighted by atomic mass is 10.4. The second-order valence-corrected chi connectivity index (χ2v) is 3.10. The molecule has 0 saturated heterocycles. The van der Waals surface area contributed by atoms with Gasteiger partial charge >= 0.3 is 5.97 Å². The molecule has 1 rings (SSSR count). The van der Waals surface area contributed by atoms with Crippen molar-refractivity contribution in [1.29, 1.82) is 0 Å². The Morgan fingerprint density at radius 1 is 1.56 bits per heavy atom. The molecule has 0 atom stereocenters. The summed E-state index contributed by atoms with van der Waals surface area (Å²) in [5.74, 6) is -1.73. The zero-order chi connectivity index (χ0) is 12.0. The number of carboxylic acid groups (broad SMARTS) is 2. The number of nitrogens with one attached hydrogen (secondary N) is 1. The SMILES string of the molecule is O=C([O-])Cc1[nH]cc[n+]1CCOCC(=O)O. The Balaban J connectivity index is 2.38. The van der Waals surface area contributed by atoms with E-state index in [1.807, 2.05) is 0 Å². The third kappa shape index (κ3) is 4.09. The number of carbonyl (C=O) groups is 2. The van der Waals surface area contributed by atoms with Crippen LogP contribution in [0.4, 0.5) is 0 Å². The van der Waals surface area contributed by atoms with Crippen LogP contribution in [0.2, 0.25) is 0 Å². The van der Waals surface area contributed by atoms with Crippen LogP contribution >= 0.6 is 0 Å². The summed E-state index contributed by atoms with van der Waals surface area (Å²) in [5.41, 5.74) is 0. The first kappa shape index (κ1) is 12.2. The van der Waals surface area contributed by atoms with E-state index >= 15 is 0 Å². The molecule has 0 saturated carbocycles. The van der Waals surface area contributed by atoms with Gasteiger partial charge in [-0.3, -0.25) is 0 Å². The molecule has 7 nitrogen and oxygen atoms in total. The van der Waals surface area contributed by atoms with Crippen molar-refractivity contribution >= 4 is 11.9 Å². The topological polar surface area (TPSA) is 106 Å². The first-order valence-electron chi connectivity index (χ1n) is 4.64. The van der Waals surface area contributed by atoms with Crippen molar-refractivity contribution in [1.82, 2.24) is 4.98 Å². The van der Waals surface area contributed by atoms with Crippen LogP contribution in [0, 0.1) is 0 Å². The van der Waals surface area contributed by atoms with Gasteiger partial charge in [0.25, 0.3) is 5.82 Å². The number of aromatic nitrogens is 2. The third-order valence-electron chi connectivity index (χ3n) is 1.86. The minimum Gasteiger partial charge on any atom is -0.549 e. The number of imidazole rings is 1. The van der Waals surface area contributed by atoms with E-state index in [9.17, 15) is 14.7 Å². The van der Waals surface area contributed by atoms with Crippen LogP contribution in [-0.4, -0.2) is 35.2 Å². The number of hydrogen-bond donors (Lipinski definition) is 2. The van der Waals surface area contributed by atoms with Gasteiger partial charge in [0.05, 0.1) is 19.0 Å². The molecule has 7 heteroatoms. The van der Waals surface area contributed by atoms with E-state index in [1.54, 1.807) is 17.0 Å². The van der Waals surface area contributed by atoms with Crippen molar-refractivity contribution in [3.05, 3.63) is 18.2 Å². The van der Waals surface area contributed by atoms with Crippen molar-refractivity contribution in [3.8, 4) is 0 Å². The molecule has 16 heavy (non-hydrogen) atoms. The number of carboxylic acids is 2. The van der Waals surface area contributed by atoms with Gasteiger partial charge in [0.2, 0.25) is 0 Å². The zero-order valence-electron chi connectivity index (χ0n) is 8.51. The number of hydrogen-bond acceptors (Lipinski definition) is 4. The van der Waals surface area contributed by atoms with Crippen LogP contribution in [0.1, 0.15) is 5.82 Å². The Morgan fingerprint density at radius 3 is 2.94 bits per heavy atom. The quantitative estimate of drug-likeness (QED) is 0.403. The van der Waals surface area contributed by atoms with E-state index in [0.29, 0.717) is 12.4 Å². The number of rotatable bonds is 7. The van der Waals surface area contributed by atoms with Crippen molar-refractivity contribution in [2.45, 2.75) is 13.0 Å². The maximum absolute atomic E-state index is 10.4. The summed E-state index contributed by atoms with van der Waals surface area (Å²) in [6.07, 6.45) is 3.03. The highest BCUT2D eigenvalue weighted by molar-refractivity contribution is 5.68. The highest BCUT2D eigenvalue weighted by atomic mass is 16.5. The molecular weight excluding hydrogens is 216 g/mol. The monoisotopic (exact) mass is 228 g/mol. The number of aliphatic carboxylic acids is 2. The van der Waals surface area contributed by atoms with Crippen LogP contribution in [0.25, 0.3) is 0 Å². The molecule has 0 bridgehead atoms. The summed E-state index contributed by atoms with van der Waals surface area (Å²) in [5, 5.41) is 18.7. The van der Waals surface area contributed by atoms with Crippen molar-refractivity contribution in [3.63, 3.8) is 0 Å². The average molecular weight is 228 g/mol. The Kier molecular flexibility index (Phi) is 4.46. The van der Waals surface area contributed by atoms with Crippen LogP contribution in [0.5, 0.6) is 0 Å². The summed E-state index contributed by atoms with van der Waals surface area (Å²) in [4.78, 5) is 23.3. The van der Waals surface area contributed by atoms with Crippen LogP contribution < -0.4 is 9.67 Å². The molecule has 0 spiro atoms. The molecule has 0 aliphatic rings. The van der Waals surface area contributed by atoms with E-state index in [1.165, 1.54) is 0 Å².